The summed E-state index contributed by atoms with van der Waals surface area (Å²) in [7, 11) is 0. The average molecular weight is 329 g/mol. The first-order chi connectivity index (χ1) is 12.2. The lowest BCUT2D eigenvalue weighted by atomic mass is 9.87. The molecule has 0 atom stereocenters. The van der Waals surface area contributed by atoms with E-state index in [1.54, 1.807) is 0 Å². The molecule has 1 aliphatic rings. The molecule has 0 radical (unpaired) electrons. The molecule has 2 aromatic carbocycles. The fourth-order valence-electron chi connectivity index (χ4n) is 5.10. The Morgan fingerprint density at radius 2 is 1.88 bits per heavy atom. The number of hydrogen-bond acceptors (Lipinski definition) is 0. The van der Waals surface area contributed by atoms with Gasteiger partial charge in [-0.25, -0.2) is 0 Å². The predicted octanol–water partition coefficient (Wildman–Crippen LogP) is 5.30. The van der Waals surface area contributed by atoms with Crippen molar-refractivity contribution < 1.29 is 4.68 Å². The first-order valence-corrected chi connectivity index (χ1v) is 9.57. The number of aryl methyl sites for hydroxylation is 2. The molecule has 0 saturated heterocycles. The molecule has 0 N–H and O–H groups in total. The van der Waals surface area contributed by atoms with Gasteiger partial charge in [-0.2, -0.15) is 0 Å². The van der Waals surface area contributed by atoms with E-state index in [1.807, 2.05) is 0 Å². The summed E-state index contributed by atoms with van der Waals surface area (Å²) >= 11 is 0. The van der Waals surface area contributed by atoms with Crippen LogP contribution < -0.4 is 4.68 Å². The molecular formula is C23H25N2+. The number of hydrogen-bond donors (Lipinski definition) is 0. The fraction of sp³-hybridized carbons (Fsp3) is 0.348. The Morgan fingerprint density at radius 1 is 1.04 bits per heavy atom. The van der Waals surface area contributed by atoms with E-state index in [0.29, 0.717) is 0 Å². The summed E-state index contributed by atoms with van der Waals surface area (Å²) in [6.45, 7) is 6.96. The smallest absolute Gasteiger partial charge is 0.127 e. The van der Waals surface area contributed by atoms with E-state index in [0.717, 1.165) is 19.3 Å². The summed E-state index contributed by atoms with van der Waals surface area (Å²) in [5.74, 6) is 0. The maximum absolute atomic E-state index is 2.63. The van der Waals surface area contributed by atoms with Crippen molar-refractivity contribution in [2.45, 2.75) is 52.0 Å². The second kappa shape index (κ2) is 5.08. The minimum Gasteiger partial charge on any atom is -0.127 e. The molecule has 0 amide bonds. The Kier molecular flexibility index (Phi) is 3.03. The third-order valence-electron chi connectivity index (χ3n) is 6.60. The van der Waals surface area contributed by atoms with Gasteiger partial charge in [0.2, 0.25) is 5.52 Å². The van der Waals surface area contributed by atoms with Crippen LogP contribution >= 0.6 is 0 Å². The van der Waals surface area contributed by atoms with Gasteiger partial charge in [0, 0.05) is 19.3 Å². The minimum absolute atomic E-state index is 0.174. The highest BCUT2D eigenvalue weighted by molar-refractivity contribution is 6.11. The highest BCUT2D eigenvalue weighted by Crippen LogP contribution is 2.39. The second-order valence-electron chi connectivity index (χ2n) is 7.60. The van der Waals surface area contributed by atoms with E-state index in [4.69, 9.17) is 0 Å². The first-order valence-electron chi connectivity index (χ1n) is 9.57. The van der Waals surface area contributed by atoms with Gasteiger partial charge in [0.25, 0.3) is 0 Å². The maximum atomic E-state index is 2.63. The maximum Gasteiger partial charge on any atom is 0.248 e. The molecule has 2 aromatic heterocycles. The van der Waals surface area contributed by atoms with Gasteiger partial charge < -0.3 is 0 Å². The van der Waals surface area contributed by atoms with Crippen molar-refractivity contribution in [1.82, 2.24) is 4.52 Å². The number of rotatable bonds is 2. The lowest BCUT2D eigenvalue weighted by Gasteiger charge is -2.24. The number of aromatic nitrogens is 2. The molecular weight excluding hydrogens is 304 g/mol. The van der Waals surface area contributed by atoms with Crippen molar-refractivity contribution in [2.75, 3.05) is 0 Å². The van der Waals surface area contributed by atoms with Crippen LogP contribution in [0.3, 0.4) is 0 Å². The van der Waals surface area contributed by atoms with Crippen LogP contribution in [0.5, 0.6) is 0 Å². The SMILES string of the molecule is CCC1(CC)CCc2cccc3c(C)cc4c5ccccn5[n+]1c4c23. The average Bonchev–Trinajstić information content (AvgIpc) is 2.90. The van der Waals surface area contributed by atoms with Crippen molar-refractivity contribution in [2.24, 2.45) is 0 Å². The summed E-state index contributed by atoms with van der Waals surface area (Å²) in [6.07, 6.45) is 6.92. The van der Waals surface area contributed by atoms with Gasteiger partial charge in [-0.1, -0.05) is 42.8 Å². The quantitative estimate of drug-likeness (QED) is 0.441. The van der Waals surface area contributed by atoms with E-state index in [-0.39, 0.29) is 5.54 Å². The van der Waals surface area contributed by atoms with E-state index in [1.165, 1.54) is 44.7 Å². The van der Waals surface area contributed by atoms with Crippen molar-refractivity contribution >= 4 is 27.2 Å². The molecule has 3 heterocycles. The Balaban J connectivity index is 2.15. The Hall–Kier alpha value is -2.35. The van der Waals surface area contributed by atoms with Crippen LogP contribution in [0, 0.1) is 6.92 Å². The first kappa shape index (κ1) is 14.9. The highest BCUT2D eigenvalue weighted by Gasteiger charge is 2.44. The van der Waals surface area contributed by atoms with Crippen LogP contribution in [0.25, 0.3) is 27.2 Å². The molecule has 1 aliphatic heterocycles. The highest BCUT2D eigenvalue weighted by atomic mass is 15.4. The molecule has 0 unspecified atom stereocenters. The van der Waals surface area contributed by atoms with E-state index in [9.17, 15) is 0 Å². The summed E-state index contributed by atoms with van der Waals surface area (Å²) in [5, 5.41) is 4.29. The molecule has 4 aromatic rings. The number of pyridine rings is 1. The standard InChI is InChI=1S/C23H25N2/c1-4-23(5-2)13-12-17-9-8-10-18-16(3)15-19-20-11-6-7-14-24(20)25(23)22(19)21(17)18/h6-11,14-15H,4-5,12-13H2,1-3H3/q+1. The lowest BCUT2D eigenvalue weighted by molar-refractivity contribution is -0.801. The summed E-state index contributed by atoms with van der Waals surface area (Å²) in [6, 6.07) is 15.9. The minimum atomic E-state index is 0.174. The topological polar surface area (TPSA) is 8.29 Å². The largest absolute Gasteiger partial charge is 0.248 e. The van der Waals surface area contributed by atoms with Crippen LogP contribution in [0.2, 0.25) is 0 Å². The van der Waals surface area contributed by atoms with Crippen LogP contribution in [-0.2, 0) is 12.0 Å². The van der Waals surface area contributed by atoms with E-state index < -0.39 is 0 Å². The Bertz CT molecular complexity index is 1130. The number of nitrogens with zero attached hydrogens (tertiary/aromatic N) is 2. The van der Waals surface area contributed by atoms with Gasteiger partial charge in [0.1, 0.15) is 5.52 Å². The van der Waals surface area contributed by atoms with Gasteiger partial charge in [-0.05, 0) is 48.1 Å². The van der Waals surface area contributed by atoms with Gasteiger partial charge in [0.05, 0.1) is 17.0 Å². The molecule has 126 valence electrons. The van der Waals surface area contributed by atoms with E-state index >= 15 is 0 Å². The van der Waals surface area contributed by atoms with Crippen LogP contribution in [-0.4, -0.2) is 4.52 Å². The summed E-state index contributed by atoms with van der Waals surface area (Å²) in [4.78, 5) is 0. The van der Waals surface area contributed by atoms with Gasteiger partial charge in [0.15, 0.2) is 5.54 Å². The number of fused-ring (bicyclic) bond motifs is 3. The zero-order chi connectivity index (χ0) is 17.2. The Morgan fingerprint density at radius 3 is 2.68 bits per heavy atom. The molecule has 5 rings (SSSR count). The van der Waals surface area contributed by atoms with Crippen molar-refractivity contribution in [3.8, 4) is 0 Å². The van der Waals surface area contributed by atoms with Gasteiger partial charge in [-0.15, -0.1) is 4.52 Å². The predicted molar refractivity (Wildman–Crippen MR) is 104 cm³/mol. The van der Waals surface area contributed by atoms with Crippen LogP contribution in [0.4, 0.5) is 0 Å². The third kappa shape index (κ3) is 1.77. The second-order valence-corrected chi connectivity index (χ2v) is 7.60. The lowest BCUT2D eigenvalue weighted by Crippen LogP contribution is -2.59. The fourth-order valence-corrected chi connectivity index (χ4v) is 5.10. The van der Waals surface area contributed by atoms with E-state index in [2.05, 4.69) is 78.6 Å². The van der Waals surface area contributed by atoms with Crippen LogP contribution in [0.1, 0.15) is 44.2 Å². The van der Waals surface area contributed by atoms with Gasteiger partial charge >= 0.3 is 0 Å². The van der Waals surface area contributed by atoms with Crippen molar-refractivity contribution in [1.29, 1.82) is 0 Å². The Labute approximate surface area is 148 Å². The van der Waals surface area contributed by atoms with Crippen LogP contribution in [0.15, 0.2) is 48.7 Å². The molecule has 0 fully saturated rings. The normalized spacial score (nSPS) is 16.1. The molecule has 0 bridgehead atoms. The summed E-state index contributed by atoms with van der Waals surface area (Å²) < 4.78 is 5.05. The zero-order valence-electron chi connectivity index (χ0n) is 15.3. The monoisotopic (exact) mass is 329 g/mol. The molecule has 2 nitrogen and oxygen atoms in total. The number of benzene rings is 2. The molecule has 0 spiro atoms. The van der Waals surface area contributed by atoms with Crippen molar-refractivity contribution in [3.05, 3.63) is 59.8 Å². The molecule has 0 saturated carbocycles. The molecule has 0 aliphatic carbocycles. The molecule has 25 heavy (non-hydrogen) atoms. The zero-order valence-corrected chi connectivity index (χ0v) is 15.3. The van der Waals surface area contributed by atoms with Crippen molar-refractivity contribution in [3.63, 3.8) is 0 Å². The summed E-state index contributed by atoms with van der Waals surface area (Å²) in [5.41, 5.74) is 5.83. The molecule has 2 heteroatoms. The third-order valence-corrected chi connectivity index (χ3v) is 6.60. The van der Waals surface area contributed by atoms with Gasteiger partial charge in [-0.3, -0.25) is 0 Å².